The van der Waals surface area contributed by atoms with E-state index in [1.807, 2.05) is 60.9 Å². The van der Waals surface area contributed by atoms with Crippen LogP contribution in [0.2, 0.25) is 0 Å². The van der Waals surface area contributed by atoms with Crippen LogP contribution < -0.4 is 10.6 Å². The molecule has 1 aliphatic carbocycles. The van der Waals surface area contributed by atoms with Crippen LogP contribution in [0.15, 0.2) is 53.9 Å². The molecule has 6 rings (SSSR count). The van der Waals surface area contributed by atoms with Gasteiger partial charge in [-0.2, -0.15) is 0 Å². The lowest BCUT2D eigenvalue weighted by Crippen LogP contribution is -2.57. The molecule has 2 bridgehead atoms. The van der Waals surface area contributed by atoms with Crippen molar-refractivity contribution in [3.8, 4) is 0 Å². The van der Waals surface area contributed by atoms with Gasteiger partial charge >= 0.3 is 0 Å². The normalized spacial score (nSPS) is 35.4. The zero-order valence-electron chi connectivity index (χ0n) is 22.1. The van der Waals surface area contributed by atoms with Crippen LogP contribution in [0.5, 0.6) is 0 Å². The second-order valence-corrected chi connectivity index (χ2v) is 12.5. The maximum Gasteiger partial charge on any atom is 0.246 e. The van der Waals surface area contributed by atoms with Gasteiger partial charge in [-0.3, -0.25) is 14.4 Å². The SMILES string of the molecule is Cc1cccc(NC(=O)[C@H]2[C@H]3C=C[C@@]4(O3)[C@H]2C(=O)N(Cc2cccs2)[C@@H]4C(=O)N[C@@H]2CCC[C@@H](C)[C@H]2C)c1. The molecular formula is C30H35N3O4S. The van der Waals surface area contributed by atoms with E-state index in [1.165, 1.54) is 0 Å². The minimum atomic E-state index is -1.15. The fourth-order valence-electron chi connectivity index (χ4n) is 7.00. The molecule has 4 aliphatic rings. The third kappa shape index (κ3) is 4.09. The molecule has 8 heteroatoms. The van der Waals surface area contributed by atoms with Crippen molar-refractivity contribution >= 4 is 34.7 Å². The number of hydrogen-bond donors (Lipinski definition) is 2. The maximum atomic E-state index is 14.1. The molecule has 1 spiro atoms. The standard InChI is InChI=1S/C30H35N3O4S/c1-17-7-4-9-20(15-17)31-27(34)24-23-12-13-30(37-23)25(24)29(36)33(16-21-10-6-14-38-21)26(30)28(35)32-22-11-5-8-18(2)19(22)3/h4,6-7,9-10,12-15,18-19,22-26H,5,8,11,16H2,1-3H3,(H,31,34)(H,32,35)/t18-,19-,22-,23-,24+,25-,26-,30-/m1/s1. The first-order valence-corrected chi connectivity index (χ1v) is 14.5. The van der Waals surface area contributed by atoms with Crippen molar-refractivity contribution in [2.45, 2.75) is 70.4 Å². The van der Waals surface area contributed by atoms with E-state index in [9.17, 15) is 14.4 Å². The van der Waals surface area contributed by atoms with Gasteiger partial charge in [-0.1, -0.05) is 57.0 Å². The Morgan fingerprint density at radius 3 is 2.76 bits per heavy atom. The predicted molar refractivity (Wildman–Crippen MR) is 146 cm³/mol. The van der Waals surface area contributed by atoms with Crippen molar-refractivity contribution < 1.29 is 19.1 Å². The number of aryl methyl sites for hydroxylation is 1. The predicted octanol–water partition coefficient (Wildman–Crippen LogP) is 4.29. The van der Waals surface area contributed by atoms with Crippen molar-refractivity contribution in [3.05, 3.63) is 64.4 Å². The molecule has 3 fully saturated rings. The summed E-state index contributed by atoms with van der Waals surface area (Å²) in [5.74, 6) is -1.20. The third-order valence-electron chi connectivity index (χ3n) is 9.15. The first-order valence-electron chi connectivity index (χ1n) is 13.7. The van der Waals surface area contributed by atoms with Gasteiger partial charge in [0.2, 0.25) is 17.7 Å². The number of ether oxygens (including phenoxy) is 1. The molecular weight excluding hydrogens is 498 g/mol. The van der Waals surface area contributed by atoms with E-state index in [2.05, 4.69) is 24.5 Å². The number of anilines is 1. The molecule has 2 aromatic rings. The topological polar surface area (TPSA) is 87.7 Å². The highest BCUT2D eigenvalue weighted by Gasteiger charge is 2.72. The Balaban J connectivity index is 1.32. The fraction of sp³-hybridized carbons (Fsp3) is 0.500. The maximum absolute atomic E-state index is 14.1. The lowest BCUT2D eigenvalue weighted by Gasteiger charge is -2.38. The third-order valence-corrected chi connectivity index (χ3v) is 10.0. The second kappa shape index (κ2) is 9.65. The average Bonchev–Trinajstić information content (AvgIpc) is 3.65. The summed E-state index contributed by atoms with van der Waals surface area (Å²) in [4.78, 5) is 44.4. The number of hydrogen-bond acceptors (Lipinski definition) is 5. The van der Waals surface area contributed by atoms with Gasteiger partial charge in [-0.25, -0.2) is 0 Å². The number of fused-ring (bicyclic) bond motifs is 1. The first kappa shape index (κ1) is 25.3. The second-order valence-electron chi connectivity index (χ2n) is 11.5. The fourth-order valence-corrected chi connectivity index (χ4v) is 7.71. The molecule has 1 aromatic carbocycles. The van der Waals surface area contributed by atoms with Crippen molar-refractivity contribution in [2.75, 3.05) is 5.32 Å². The Kier molecular flexibility index (Phi) is 6.43. The zero-order valence-corrected chi connectivity index (χ0v) is 22.9. The van der Waals surface area contributed by atoms with Gasteiger partial charge in [-0.05, 0) is 54.3 Å². The van der Waals surface area contributed by atoms with Gasteiger partial charge in [0, 0.05) is 16.6 Å². The minimum Gasteiger partial charge on any atom is -0.359 e. The summed E-state index contributed by atoms with van der Waals surface area (Å²) in [7, 11) is 0. The lowest BCUT2D eigenvalue weighted by atomic mass is 9.73. The van der Waals surface area contributed by atoms with E-state index >= 15 is 0 Å². The Hall–Kier alpha value is -2.97. The summed E-state index contributed by atoms with van der Waals surface area (Å²) in [5, 5.41) is 8.27. The number of amides is 3. The molecule has 4 heterocycles. The number of thiophene rings is 1. The van der Waals surface area contributed by atoms with E-state index < -0.39 is 29.6 Å². The summed E-state index contributed by atoms with van der Waals surface area (Å²) >= 11 is 1.55. The quantitative estimate of drug-likeness (QED) is 0.543. The van der Waals surface area contributed by atoms with Crippen LogP contribution in [-0.4, -0.2) is 46.4 Å². The molecule has 8 atom stereocenters. The first-order chi connectivity index (χ1) is 18.3. The average molecular weight is 534 g/mol. The number of benzene rings is 1. The largest absolute Gasteiger partial charge is 0.359 e. The number of carbonyl (C=O) groups is 3. The summed E-state index contributed by atoms with van der Waals surface area (Å²) in [6, 6.07) is 10.7. The Morgan fingerprint density at radius 1 is 1.16 bits per heavy atom. The van der Waals surface area contributed by atoms with Gasteiger partial charge in [0.25, 0.3) is 0 Å². The molecule has 2 saturated heterocycles. The van der Waals surface area contributed by atoms with Crippen molar-refractivity contribution in [1.29, 1.82) is 0 Å². The molecule has 1 aromatic heterocycles. The molecule has 7 nitrogen and oxygen atoms in total. The van der Waals surface area contributed by atoms with Crippen LogP contribution in [-0.2, 0) is 25.7 Å². The summed E-state index contributed by atoms with van der Waals surface area (Å²) in [6.07, 6.45) is 6.37. The Morgan fingerprint density at radius 2 is 2.00 bits per heavy atom. The van der Waals surface area contributed by atoms with Crippen molar-refractivity contribution in [1.82, 2.24) is 10.2 Å². The number of nitrogens with one attached hydrogen (secondary N) is 2. The number of rotatable bonds is 6. The molecule has 1 saturated carbocycles. The highest BCUT2D eigenvalue weighted by Crippen LogP contribution is 2.55. The molecule has 0 radical (unpaired) electrons. The van der Waals surface area contributed by atoms with Gasteiger partial charge in [-0.15, -0.1) is 11.3 Å². The van der Waals surface area contributed by atoms with Crippen LogP contribution in [0, 0.1) is 30.6 Å². The number of carbonyl (C=O) groups excluding carboxylic acids is 3. The highest BCUT2D eigenvalue weighted by molar-refractivity contribution is 7.09. The van der Waals surface area contributed by atoms with Crippen molar-refractivity contribution in [3.63, 3.8) is 0 Å². The number of likely N-dealkylation sites (tertiary alicyclic amines) is 1. The molecule has 0 unspecified atom stereocenters. The van der Waals surface area contributed by atoms with E-state index in [1.54, 1.807) is 16.2 Å². The monoisotopic (exact) mass is 533 g/mol. The molecule has 38 heavy (non-hydrogen) atoms. The summed E-state index contributed by atoms with van der Waals surface area (Å²) in [6.45, 7) is 6.72. The lowest BCUT2D eigenvalue weighted by molar-refractivity contribution is -0.142. The van der Waals surface area contributed by atoms with E-state index in [-0.39, 0.29) is 23.8 Å². The number of nitrogens with zero attached hydrogens (tertiary/aromatic N) is 1. The van der Waals surface area contributed by atoms with Gasteiger partial charge < -0.3 is 20.3 Å². The van der Waals surface area contributed by atoms with Crippen LogP contribution in [0.25, 0.3) is 0 Å². The summed E-state index contributed by atoms with van der Waals surface area (Å²) < 4.78 is 6.48. The van der Waals surface area contributed by atoms with Crippen molar-refractivity contribution in [2.24, 2.45) is 23.7 Å². The molecule has 3 aliphatic heterocycles. The van der Waals surface area contributed by atoms with Crippen LogP contribution in [0.1, 0.15) is 43.6 Å². The van der Waals surface area contributed by atoms with Crippen LogP contribution in [0.3, 0.4) is 0 Å². The zero-order chi connectivity index (χ0) is 26.6. The van der Waals surface area contributed by atoms with Gasteiger partial charge in [0.15, 0.2) is 0 Å². The van der Waals surface area contributed by atoms with Crippen LogP contribution in [0.4, 0.5) is 5.69 Å². The Bertz CT molecular complexity index is 1280. The smallest absolute Gasteiger partial charge is 0.246 e. The van der Waals surface area contributed by atoms with Crippen LogP contribution >= 0.6 is 11.3 Å². The van der Waals surface area contributed by atoms with Gasteiger partial charge in [0.05, 0.1) is 24.5 Å². The Labute approximate surface area is 227 Å². The van der Waals surface area contributed by atoms with E-state index in [0.29, 0.717) is 24.1 Å². The molecule has 2 N–H and O–H groups in total. The van der Waals surface area contributed by atoms with E-state index in [4.69, 9.17) is 4.74 Å². The van der Waals surface area contributed by atoms with Gasteiger partial charge in [0.1, 0.15) is 11.6 Å². The molecule has 200 valence electrons. The molecule has 3 amide bonds. The summed E-state index contributed by atoms with van der Waals surface area (Å²) in [5.41, 5.74) is 0.568. The minimum absolute atomic E-state index is 0.0587. The highest BCUT2D eigenvalue weighted by atomic mass is 32.1. The van der Waals surface area contributed by atoms with E-state index in [0.717, 1.165) is 29.7 Å².